The Kier molecular flexibility index (Phi) is 2.47. The maximum absolute atomic E-state index is 11.9. The first kappa shape index (κ1) is 11.7. The summed E-state index contributed by atoms with van der Waals surface area (Å²) in [5.41, 5.74) is 3.73. The number of carbonyl (C=O) groups excluding carboxylic acids is 1. The van der Waals surface area contributed by atoms with Crippen LogP contribution in [0.5, 0.6) is 0 Å². The highest BCUT2D eigenvalue weighted by molar-refractivity contribution is 6.31. The lowest BCUT2D eigenvalue weighted by molar-refractivity contribution is -0.110. The average molecular weight is 277 g/mol. The maximum Gasteiger partial charge on any atom is 0.259 e. The van der Waals surface area contributed by atoms with Crippen molar-refractivity contribution in [3.63, 3.8) is 0 Å². The number of anilines is 2. The number of pyridine rings is 1. The van der Waals surface area contributed by atoms with Crippen molar-refractivity contribution < 1.29 is 4.79 Å². The fraction of sp³-hybridized carbons (Fsp3) is 0. The van der Waals surface area contributed by atoms with Crippen LogP contribution in [0.1, 0.15) is 5.69 Å². The fourth-order valence-corrected chi connectivity index (χ4v) is 2.33. The van der Waals surface area contributed by atoms with Gasteiger partial charge < -0.3 is 10.6 Å². The Hall–Kier alpha value is -3.15. The summed E-state index contributed by atoms with van der Waals surface area (Å²) >= 11 is 0. The first-order chi connectivity index (χ1) is 10.3. The molecule has 0 saturated carbocycles. The van der Waals surface area contributed by atoms with Crippen LogP contribution in [0, 0.1) is 0 Å². The van der Waals surface area contributed by atoms with Gasteiger partial charge in [0.1, 0.15) is 5.69 Å². The molecule has 1 amide bonds. The monoisotopic (exact) mass is 277 g/mol. The molecule has 0 bridgehead atoms. The molecule has 0 fully saturated rings. The lowest BCUT2D eigenvalue weighted by Gasteiger charge is -2.02. The van der Waals surface area contributed by atoms with Crippen molar-refractivity contribution in [2.45, 2.75) is 0 Å². The summed E-state index contributed by atoms with van der Waals surface area (Å²) < 4.78 is 0. The van der Waals surface area contributed by atoms with E-state index in [0.29, 0.717) is 11.3 Å². The summed E-state index contributed by atoms with van der Waals surface area (Å²) in [6.45, 7) is 0. The van der Waals surface area contributed by atoms with Crippen molar-refractivity contribution in [3.8, 4) is 0 Å². The van der Waals surface area contributed by atoms with Crippen molar-refractivity contribution in [2.24, 2.45) is 0 Å². The molecule has 1 aliphatic heterocycles. The van der Waals surface area contributed by atoms with E-state index in [9.17, 15) is 4.79 Å². The van der Waals surface area contributed by atoms with Crippen molar-refractivity contribution in [2.75, 3.05) is 10.6 Å². The standard InChI is InChI=1S/C15H11N5O/c21-15-11(14-12(19-15)2-1-5-16-14)8-17-10-4-3-9-7-18-20-13(9)6-10/h1-8,17H,(H,18,20)(H,19,21)/b11-8+. The Morgan fingerprint density at radius 1 is 1.24 bits per heavy atom. The number of hydrogen-bond donors (Lipinski definition) is 3. The van der Waals surface area contributed by atoms with Crippen molar-refractivity contribution in [3.05, 3.63) is 54.6 Å². The number of carbonyl (C=O) groups is 1. The van der Waals surface area contributed by atoms with Crippen LogP contribution < -0.4 is 10.6 Å². The fourth-order valence-electron chi connectivity index (χ4n) is 2.33. The van der Waals surface area contributed by atoms with Crippen LogP contribution in [0.4, 0.5) is 11.4 Å². The van der Waals surface area contributed by atoms with Gasteiger partial charge in [-0.05, 0) is 30.3 Å². The molecule has 102 valence electrons. The van der Waals surface area contributed by atoms with E-state index >= 15 is 0 Å². The first-order valence-electron chi connectivity index (χ1n) is 6.48. The summed E-state index contributed by atoms with van der Waals surface area (Å²) in [6, 6.07) is 9.45. The van der Waals surface area contributed by atoms with E-state index in [0.717, 1.165) is 22.3 Å². The molecule has 0 radical (unpaired) electrons. The van der Waals surface area contributed by atoms with Crippen molar-refractivity contribution in [1.82, 2.24) is 15.2 Å². The van der Waals surface area contributed by atoms with Crippen LogP contribution >= 0.6 is 0 Å². The number of rotatable bonds is 2. The Bertz CT molecular complexity index is 880. The van der Waals surface area contributed by atoms with Crippen LogP contribution in [0.3, 0.4) is 0 Å². The molecule has 0 saturated heterocycles. The first-order valence-corrected chi connectivity index (χ1v) is 6.48. The molecule has 1 aromatic carbocycles. The Morgan fingerprint density at radius 3 is 3.14 bits per heavy atom. The number of amides is 1. The third-order valence-corrected chi connectivity index (χ3v) is 3.38. The molecule has 6 nitrogen and oxygen atoms in total. The molecular formula is C15H11N5O. The summed E-state index contributed by atoms with van der Waals surface area (Å²) in [5, 5.41) is 13.8. The number of aromatic amines is 1. The second-order valence-corrected chi connectivity index (χ2v) is 4.73. The topological polar surface area (TPSA) is 82.7 Å². The number of hydrogen-bond acceptors (Lipinski definition) is 4. The largest absolute Gasteiger partial charge is 0.361 e. The predicted octanol–water partition coefficient (Wildman–Crippen LogP) is 2.36. The molecule has 6 heteroatoms. The molecule has 0 atom stereocenters. The molecule has 3 N–H and O–H groups in total. The highest BCUT2D eigenvalue weighted by Crippen LogP contribution is 2.29. The number of H-pyrrole nitrogens is 1. The zero-order valence-corrected chi connectivity index (χ0v) is 10.9. The molecule has 0 spiro atoms. The van der Waals surface area contributed by atoms with Gasteiger partial charge in [-0.15, -0.1) is 0 Å². The lowest BCUT2D eigenvalue weighted by Crippen LogP contribution is -2.05. The molecule has 0 aliphatic carbocycles. The lowest BCUT2D eigenvalue weighted by atomic mass is 10.2. The van der Waals surface area contributed by atoms with Crippen molar-refractivity contribution in [1.29, 1.82) is 0 Å². The van der Waals surface area contributed by atoms with Crippen LogP contribution in [0.15, 0.2) is 48.9 Å². The number of aromatic nitrogens is 3. The van der Waals surface area contributed by atoms with Gasteiger partial charge in [0.25, 0.3) is 5.91 Å². The van der Waals surface area contributed by atoms with Gasteiger partial charge in [0.05, 0.1) is 23.0 Å². The molecular weight excluding hydrogens is 266 g/mol. The second-order valence-electron chi connectivity index (χ2n) is 4.73. The second kappa shape index (κ2) is 4.45. The average Bonchev–Trinajstić information content (AvgIpc) is 3.08. The van der Waals surface area contributed by atoms with E-state index in [-0.39, 0.29) is 5.91 Å². The van der Waals surface area contributed by atoms with E-state index in [2.05, 4.69) is 25.8 Å². The number of fused-ring (bicyclic) bond motifs is 2. The Balaban J connectivity index is 1.67. The van der Waals surface area contributed by atoms with E-state index in [1.165, 1.54) is 0 Å². The Labute approximate surface area is 119 Å². The van der Waals surface area contributed by atoms with Crippen LogP contribution in [-0.2, 0) is 4.79 Å². The minimum atomic E-state index is -0.154. The van der Waals surface area contributed by atoms with Crippen molar-refractivity contribution >= 4 is 33.8 Å². The molecule has 0 unspecified atom stereocenters. The third kappa shape index (κ3) is 1.93. The molecule has 2 aromatic heterocycles. The zero-order valence-electron chi connectivity index (χ0n) is 10.9. The zero-order chi connectivity index (χ0) is 14.2. The minimum absolute atomic E-state index is 0.154. The molecule has 4 rings (SSSR count). The Morgan fingerprint density at radius 2 is 2.19 bits per heavy atom. The SMILES string of the molecule is O=C1Nc2cccnc2/C1=C\Nc1ccc2cn[nH]c2c1. The summed E-state index contributed by atoms with van der Waals surface area (Å²) in [6.07, 6.45) is 5.11. The van der Waals surface area contributed by atoms with Gasteiger partial charge in [0, 0.05) is 23.5 Å². The van der Waals surface area contributed by atoms with Gasteiger partial charge in [0.15, 0.2) is 0 Å². The highest BCUT2D eigenvalue weighted by Gasteiger charge is 2.24. The van der Waals surface area contributed by atoms with E-state index < -0.39 is 0 Å². The highest BCUT2D eigenvalue weighted by atomic mass is 16.2. The van der Waals surface area contributed by atoms with Crippen LogP contribution in [0.2, 0.25) is 0 Å². The quantitative estimate of drug-likeness (QED) is 0.628. The summed E-state index contributed by atoms with van der Waals surface area (Å²) in [7, 11) is 0. The number of nitrogens with zero attached hydrogens (tertiary/aromatic N) is 2. The third-order valence-electron chi connectivity index (χ3n) is 3.38. The predicted molar refractivity (Wildman–Crippen MR) is 80.6 cm³/mol. The molecule has 1 aliphatic rings. The van der Waals surface area contributed by atoms with Gasteiger partial charge in [-0.1, -0.05) is 0 Å². The molecule has 21 heavy (non-hydrogen) atoms. The number of benzene rings is 1. The molecule has 3 aromatic rings. The van der Waals surface area contributed by atoms with E-state index in [1.54, 1.807) is 24.7 Å². The van der Waals surface area contributed by atoms with Crippen LogP contribution in [0.25, 0.3) is 16.5 Å². The van der Waals surface area contributed by atoms with Gasteiger partial charge >= 0.3 is 0 Å². The van der Waals surface area contributed by atoms with E-state index in [4.69, 9.17) is 0 Å². The summed E-state index contributed by atoms with van der Waals surface area (Å²) in [4.78, 5) is 16.2. The van der Waals surface area contributed by atoms with E-state index in [1.807, 2.05) is 24.3 Å². The maximum atomic E-state index is 11.9. The smallest absolute Gasteiger partial charge is 0.259 e. The normalized spacial score (nSPS) is 15.2. The summed E-state index contributed by atoms with van der Waals surface area (Å²) in [5.74, 6) is -0.154. The molecule has 3 heterocycles. The van der Waals surface area contributed by atoms with Gasteiger partial charge in [-0.3, -0.25) is 14.9 Å². The number of nitrogens with one attached hydrogen (secondary N) is 3. The van der Waals surface area contributed by atoms with Gasteiger partial charge in [-0.25, -0.2) is 0 Å². The van der Waals surface area contributed by atoms with Crippen LogP contribution in [-0.4, -0.2) is 21.1 Å². The minimum Gasteiger partial charge on any atom is -0.361 e. The van der Waals surface area contributed by atoms with Gasteiger partial charge in [-0.2, -0.15) is 5.10 Å². The van der Waals surface area contributed by atoms with Gasteiger partial charge in [0.2, 0.25) is 0 Å².